The van der Waals surface area contributed by atoms with Gasteiger partial charge in [-0.15, -0.1) is 0 Å². The van der Waals surface area contributed by atoms with Crippen molar-refractivity contribution < 1.29 is 10.2 Å². The van der Waals surface area contributed by atoms with Gasteiger partial charge in [-0.3, -0.25) is 0 Å². The van der Waals surface area contributed by atoms with Crippen LogP contribution >= 0.6 is 15.9 Å². The maximum atomic E-state index is 9.69. The van der Waals surface area contributed by atoms with Gasteiger partial charge in [0.25, 0.3) is 0 Å². The summed E-state index contributed by atoms with van der Waals surface area (Å²) in [5, 5.41) is 18.4. The zero-order valence-electron chi connectivity index (χ0n) is 7.55. The summed E-state index contributed by atoms with van der Waals surface area (Å²) in [7, 11) is 0. The highest BCUT2D eigenvalue weighted by Crippen LogP contribution is 2.30. The summed E-state index contributed by atoms with van der Waals surface area (Å²) < 4.78 is 0.907. The van der Waals surface area contributed by atoms with Crippen LogP contribution < -0.4 is 0 Å². The number of aromatic hydroxyl groups is 1. The van der Waals surface area contributed by atoms with E-state index in [1.54, 1.807) is 0 Å². The van der Waals surface area contributed by atoms with Gasteiger partial charge in [-0.2, -0.15) is 0 Å². The smallest absolute Gasteiger partial charge is 0.122 e. The second kappa shape index (κ2) is 4.63. The van der Waals surface area contributed by atoms with Crippen LogP contribution in [-0.2, 0) is 6.42 Å². The second-order valence-electron chi connectivity index (χ2n) is 3.02. The predicted molar refractivity (Wildman–Crippen MR) is 56.0 cm³/mol. The molecule has 0 aliphatic heterocycles. The molecule has 1 aromatic rings. The second-order valence-corrected chi connectivity index (χ2v) is 3.87. The number of phenolic OH excluding ortho intramolecular Hbond substituents is 1. The first-order chi connectivity index (χ1) is 6.16. The Morgan fingerprint density at radius 2 is 2.08 bits per heavy atom. The molecule has 1 aromatic carbocycles. The fourth-order valence-electron chi connectivity index (χ4n) is 1.22. The number of benzene rings is 1. The van der Waals surface area contributed by atoms with Crippen LogP contribution in [0.2, 0.25) is 0 Å². The number of phenols is 1. The van der Waals surface area contributed by atoms with Gasteiger partial charge in [0.2, 0.25) is 0 Å². The van der Waals surface area contributed by atoms with Crippen molar-refractivity contribution in [3.05, 3.63) is 27.7 Å². The molecule has 2 nitrogen and oxygen atoms in total. The maximum Gasteiger partial charge on any atom is 0.122 e. The van der Waals surface area contributed by atoms with E-state index in [2.05, 4.69) is 15.9 Å². The predicted octanol–water partition coefficient (Wildman–Crippen LogP) is 2.39. The number of hydrogen-bond donors (Lipinski definition) is 2. The van der Waals surface area contributed by atoms with E-state index in [-0.39, 0.29) is 6.61 Å². The van der Waals surface area contributed by atoms with Crippen molar-refractivity contribution in [2.75, 3.05) is 6.61 Å². The minimum absolute atomic E-state index is 0.153. The van der Waals surface area contributed by atoms with E-state index < -0.39 is 0 Å². The van der Waals surface area contributed by atoms with Gasteiger partial charge in [0, 0.05) is 16.6 Å². The molecule has 0 spiro atoms. The summed E-state index contributed by atoms with van der Waals surface area (Å²) in [5.74, 6) is 0.336. The van der Waals surface area contributed by atoms with E-state index in [4.69, 9.17) is 5.11 Å². The highest BCUT2D eigenvalue weighted by Gasteiger charge is 2.07. The van der Waals surface area contributed by atoms with Gasteiger partial charge < -0.3 is 10.2 Å². The molecule has 72 valence electrons. The molecule has 0 saturated heterocycles. The summed E-state index contributed by atoms with van der Waals surface area (Å²) in [6, 6.07) is 3.78. The standard InChI is InChI=1S/C10H13BrO2/c1-7-4-5-9(11)8(10(7)13)3-2-6-12/h4-5,12-13H,2-3,6H2,1H3. The van der Waals surface area contributed by atoms with E-state index in [0.717, 1.165) is 15.6 Å². The third-order valence-electron chi connectivity index (χ3n) is 2.01. The van der Waals surface area contributed by atoms with Gasteiger partial charge in [0.15, 0.2) is 0 Å². The van der Waals surface area contributed by atoms with Gasteiger partial charge in [-0.05, 0) is 31.4 Å². The molecule has 1 rings (SSSR count). The van der Waals surface area contributed by atoms with Gasteiger partial charge in [-0.25, -0.2) is 0 Å². The van der Waals surface area contributed by atoms with Crippen molar-refractivity contribution >= 4 is 15.9 Å². The van der Waals surface area contributed by atoms with Crippen LogP contribution in [0.4, 0.5) is 0 Å². The fourth-order valence-corrected chi connectivity index (χ4v) is 1.74. The summed E-state index contributed by atoms with van der Waals surface area (Å²) in [4.78, 5) is 0. The first-order valence-electron chi connectivity index (χ1n) is 4.24. The first-order valence-corrected chi connectivity index (χ1v) is 5.04. The van der Waals surface area contributed by atoms with E-state index in [9.17, 15) is 5.11 Å². The Balaban J connectivity index is 2.96. The Morgan fingerprint density at radius 3 is 2.69 bits per heavy atom. The quantitative estimate of drug-likeness (QED) is 0.858. The zero-order chi connectivity index (χ0) is 9.84. The first kappa shape index (κ1) is 10.5. The van der Waals surface area contributed by atoms with Crippen molar-refractivity contribution in [1.82, 2.24) is 0 Å². The molecule has 0 radical (unpaired) electrons. The molecule has 0 heterocycles. The van der Waals surface area contributed by atoms with Crippen LogP contribution in [0.15, 0.2) is 16.6 Å². The fraction of sp³-hybridized carbons (Fsp3) is 0.400. The third-order valence-corrected chi connectivity index (χ3v) is 2.76. The molecule has 3 heteroatoms. The lowest BCUT2D eigenvalue weighted by Gasteiger charge is -2.08. The number of hydrogen-bond acceptors (Lipinski definition) is 2. The minimum atomic E-state index is 0.153. The largest absolute Gasteiger partial charge is 0.507 e. The van der Waals surface area contributed by atoms with Gasteiger partial charge in [-0.1, -0.05) is 22.0 Å². The van der Waals surface area contributed by atoms with Crippen molar-refractivity contribution in [3.63, 3.8) is 0 Å². The normalized spacial score (nSPS) is 10.4. The molecule has 2 N–H and O–H groups in total. The lowest BCUT2D eigenvalue weighted by Crippen LogP contribution is -1.93. The average molecular weight is 245 g/mol. The highest BCUT2D eigenvalue weighted by molar-refractivity contribution is 9.10. The van der Waals surface area contributed by atoms with Crippen LogP contribution in [0.1, 0.15) is 17.5 Å². The molecular formula is C10H13BrO2. The van der Waals surface area contributed by atoms with Crippen molar-refractivity contribution in [1.29, 1.82) is 0 Å². The van der Waals surface area contributed by atoms with Crippen LogP contribution in [-0.4, -0.2) is 16.8 Å². The van der Waals surface area contributed by atoms with Crippen LogP contribution in [0.25, 0.3) is 0 Å². The number of aliphatic hydroxyl groups is 1. The summed E-state index contributed by atoms with van der Waals surface area (Å²) in [5.41, 5.74) is 1.75. The van der Waals surface area contributed by atoms with Gasteiger partial charge in [0.1, 0.15) is 5.75 Å². The van der Waals surface area contributed by atoms with E-state index in [1.165, 1.54) is 0 Å². The van der Waals surface area contributed by atoms with Crippen LogP contribution in [0.5, 0.6) is 5.75 Å². The molecule has 13 heavy (non-hydrogen) atoms. The SMILES string of the molecule is Cc1ccc(Br)c(CCCO)c1O. The zero-order valence-corrected chi connectivity index (χ0v) is 9.13. The third kappa shape index (κ3) is 2.45. The molecule has 0 fully saturated rings. The molecule has 0 aliphatic carbocycles. The lowest BCUT2D eigenvalue weighted by molar-refractivity contribution is 0.288. The minimum Gasteiger partial charge on any atom is -0.507 e. The monoisotopic (exact) mass is 244 g/mol. The Bertz CT molecular complexity index is 297. The van der Waals surface area contributed by atoms with E-state index in [0.29, 0.717) is 18.6 Å². The molecule has 0 aliphatic rings. The van der Waals surface area contributed by atoms with Gasteiger partial charge in [0.05, 0.1) is 0 Å². The van der Waals surface area contributed by atoms with Gasteiger partial charge >= 0.3 is 0 Å². The molecule has 0 bridgehead atoms. The highest BCUT2D eigenvalue weighted by atomic mass is 79.9. The summed E-state index contributed by atoms with van der Waals surface area (Å²) in [6.45, 7) is 2.02. The Hall–Kier alpha value is -0.540. The van der Waals surface area contributed by atoms with Crippen molar-refractivity contribution in [2.45, 2.75) is 19.8 Å². The molecule has 0 amide bonds. The number of rotatable bonds is 3. The average Bonchev–Trinajstić information content (AvgIpc) is 2.12. The Morgan fingerprint density at radius 1 is 1.38 bits per heavy atom. The van der Waals surface area contributed by atoms with Crippen LogP contribution in [0.3, 0.4) is 0 Å². The number of aryl methyl sites for hydroxylation is 1. The number of halogens is 1. The van der Waals surface area contributed by atoms with Crippen LogP contribution in [0, 0.1) is 6.92 Å². The van der Waals surface area contributed by atoms with E-state index in [1.807, 2.05) is 19.1 Å². The Labute approximate surface area is 86.3 Å². The lowest BCUT2D eigenvalue weighted by atomic mass is 10.1. The maximum absolute atomic E-state index is 9.69. The van der Waals surface area contributed by atoms with E-state index >= 15 is 0 Å². The van der Waals surface area contributed by atoms with Crippen molar-refractivity contribution in [2.24, 2.45) is 0 Å². The Kier molecular flexibility index (Phi) is 3.75. The summed E-state index contributed by atoms with van der Waals surface area (Å²) >= 11 is 3.37. The van der Waals surface area contributed by atoms with Crippen molar-refractivity contribution in [3.8, 4) is 5.75 Å². The molecule has 0 saturated carbocycles. The molecule has 0 atom stereocenters. The summed E-state index contributed by atoms with van der Waals surface area (Å²) in [6.07, 6.45) is 1.38. The number of aliphatic hydroxyl groups excluding tert-OH is 1. The molecule has 0 unspecified atom stereocenters. The topological polar surface area (TPSA) is 40.5 Å². The molecular weight excluding hydrogens is 232 g/mol. The molecule has 0 aromatic heterocycles.